The molecule has 3 heterocycles. The fraction of sp³-hybridized carbons (Fsp3) is 0.368. The molecule has 2 aromatic heterocycles. The summed E-state index contributed by atoms with van der Waals surface area (Å²) in [6.07, 6.45) is 4.21. The molecule has 8 heteroatoms. The summed E-state index contributed by atoms with van der Waals surface area (Å²) in [5.74, 6) is 0.412. The molecule has 1 aliphatic heterocycles. The molecule has 0 amide bonds. The third-order valence-electron chi connectivity index (χ3n) is 4.65. The van der Waals surface area contributed by atoms with E-state index >= 15 is 0 Å². The van der Waals surface area contributed by atoms with E-state index in [2.05, 4.69) is 44.1 Å². The Balaban J connectivity index is 1.77. The topological polar surface area (TPSA) is 59.7 Å². The van der Waals surface area contributed by atoms with E-state index in [1.165, 1.54) is 23.7 Å². The first kappa shape index (κ1) is 17.9. The Kier molecular flexibility index (Phi) is 5.07. The smallest absolute Gasteiger partial charge is 0.232 e. The number of hydrogen-bond donors (Lipinski definition) is 0. The van der Waals surface area contributed by atoms with E-state index in [1.54, 1.807) is 0 Å². The molecule has 0 spiro atoms. The van der Waals surface area contributed by atoms with Crippen molar-refractivity contribution in [3.63, 3.8) is 0 Å². The minimum absolute atomic E-state index is 0.274. The van der Waals surface area contributed by atoms with Crippen LogP contribution in [-0.2, 0) is 6.42 Å². The van der Waals surface area contributed by atoms with Crippen LogP contribution in [0.5, 0.6) is 0 Å². The molecule has 0 bridgehead atoms. The van der Waals surface area contributed by atoms with Crippen molar-refractivity contribution in [1.29, 1.82) is 0 Å². The molecule has 0 N–H and O–H groups in total. The number of aromatic nitrogens is 5. The van der Waals surface area contributed by atoms with Gasteiger partial charge in [-0.3, -0.25) is 4.57 Å². The average molecular weight is 384 g/mol. The molecule has 6 nitrogen and oxygen atoms in total. The summed E-state index contributed by atoms with van der Waals surface area (Å²) < 4.78 is 16.6. The Morgan fingerprint density at radius 1 is 1.07 bits per heavy atom. The highest BCUT2D eigenvalue weighted by Crippen LogP contribution is 2.33. The van der Waals surface area contributed by atoms with Crippen LogP contribution in [0.1, 0.15) is 31.0 Å². The highest BCUT2D eigenvalue weighted by molar-refractivity contribution is 7.99. The molecular weight excluding hydrogens is 363 g/mol. The number of rotatable bonds is 5. The maximum absolute atomic E-state index is 14.6. The van der Waals surface area contributed by atoms with Gasteiger partial charge in [-0.15, -0.1) is 10.2 Å². The normalized spacial score (nSPS) is 14.1. The van der Waals surface area contributed by atoms with Gasteiger partial charge in [-0.2, -0.15) is 0 Å². The zero-order valence-electron chi connectivity index (χ0n) is 15.4. The van der Waals surface area contributed by atoms with Crippen molar-refractivity contribution in [3.05, 3.63) is 47.7 Å². The Labute approximate surface area is 161 Å². The molecular formula is C19H21FN6S. The number of benzene rings is 1. The van der Waals surface area contributed by atoms with Crippen LogP contribution in [0.3, 0.4) is 0 Å². The maximum Gasteiger partial charge on any atom is 0.232 e. The summed E-state index contributed by atoms with van der Waals surface area (Å²) in [7, 11) is 0. The molecule has 27 heavy (non-hydrogen) atoms. The van der Waals surface area contributed by atoms with Crippen molar-refractivity contribution >= 4 is 17.7 Å². The van der Waals surface area contributed by atoms with Gasteiger partial charge in [0.1, 0.15) is 11.4 Å². The van der Waals surface area contributed by atoms with Crippen LogP contribution in [0.15, 0.2) is 40.8 Å². The fourth-order valence-electron chi connectivity index (χ4n) is 3.16. The number of hydrogen-bond acceptors (Lipinski definition) is 6. The van der Waals surface area contributed by atoms with E-state index in [4.69, 9.17) is 0 Å². The van der Waals surface area contributed by atoms with Gasteiger partial charge >= 0.3 is 0 Å². The van der Waals surface area contributed by atoms with Gasteiger partial charge in [-0.05, 0) is 50.1 Å². The van der Waals surface area contributed by atoms with Crippen LogP contribution in [0.4, 0.5) is 10.3 Å². The lowest BCUT2D eigenvalue weighted by Gasteiger charge is -2.18. The van der Waals surface area contributed by atoms with Crippen molar-refractivity contribution in [2.75, 3.05) is 18.0 Å². The van der Waals surface area contributed by atoms with Gasteiger partial charge in [0, 0.05) is 13.1 Å². The number of nitrogens with zero attached hydrogens (tertiary/aromatic N) is 6. The van der Waals surface area contributed by atoms with Crippen LogP contribution in [-0.4, -0.2) is 37.8 Å². The Morgan fingerprint density at radius 3 is 2.52 bits per heavy atom. The highest BCUT2D eigenvalue weighted by Gasteiger charge is 2.24. The van der Waals surface area contributed by atoms with Crippen molar-refractivity contribution in [2.24, 2.45) is 0 Å². The molecule has 1 saturated heterocycles. The van der Waals surface area contributed by atoms with Crippen LogP contribution < -0.4 is 4.90 Å². The van der Waals surface area contributed by atoms with E-state index in [0.29, 0.717) is 17.3 Å². The number of aryl methyl sites for hydroxylation is 2. The zero-order chi connectivity index (χ0) is 18.8. The molecule has 0 radical (unpaired) electrons. The van der Waals surface area contributed by atoms with Crippen LogP contribution in [0.25, 0.3) is 5.69 Å². The van der Waals surface area contributed by atoms with E-state index in [1.807, 2.05) is 23.6 Å². The molecule has 3 aromatic rings. The SMILES string of the molecule is CCc1ncnc(Sc2nnc(N3CCCC3)n2-c2ccc(C)cc2)c1F. The van der Waals surface area contributed by atoms with Gasteiger partial charge in [0.2, 0.25) is 11.1 Å². The summed E-state index contributed by atoms with van der Waals surface area (Å²) in [6, 6.07) is 8.18. The summed E-state index contributed by atoms with van der Waals surface area (Å²) in [6.45, 7) is 5.84. The largest absolute Gasteiger partial charge is 0.341 e. The molecule has 1 fully saturated rings. The van der Waals surface area contributed by atoms with Crippen molar-refractivity contribution < 1.29 is 4.39 Å². The van der Waals surface area contributed by atoms with Gasteiger partial charge < -0.3 is 4.90 Å². The standard InChI is InChI=1S/C19H21FN6S/c1-3-15-16(20)17(22-12-21-15)27-19-24-23-18(25-10-4-5-11-25)26(19)14-8-6-13(2)7-9-14/h6-9,12H,3-5,10-11H2,1-2H3. The molecule has 4 rings (SSSR count). The van der Waals surface area contributed by atoms with Crippen LogP contribution in [0, 0.1) is 12.7 Å². The van der Waals surface area contributed by atoms with E-state index in [9.17, 15) is 4.39 Å². The van der Waals surface area contributed by atoms with E-state index in [0.717, 1.165) is 37.6 Å². The van der Waals surface area contributed by atoms with Crippen LogP contribution >= 0.6 is 11.8 Å². The Morgan fingerprint density at radius 2 is 1.81 bits per heavy atom. The van der Waals surface area contributed by atoms with Gasteiger partial charge in [0.15, 0.2) is 5.82 Å². The molecule has 1 aliphatic rings. The summed E-state index contributed by atoms with van der Waals surface area (Å²) in [4.78, 5) is 10.4. The van der Waals surface area contributed by atoms with Gasteiger partial charge in [0.25, 0.3) is 0 Å². The van der Waals surface area contributed by atoms with Crippen LogP contribution in [0.2, 0.25) is 0 Å². The third-order valence-corrected chi connectivity index (χ3v) is 5.57. The Hall–Kier alpha value is -2.48. The van der Waals surface area contributed by atoms with Crippen molar-refractivity contribution in [1.82, 2.24) is 24.7 Å². The predicted molar refractivity (Wildman–Crippen MR) is 103 cm³/mol. The maximum atomic E-state index is 14.6. The number of halogens is 1. The minimum atomic E-state index is -0.383. The third kappa shape index (κ3) is 3.53. The van der Waals surface area contributed by atoms with Crippen molar-refractivity contribution in [3.8, 4) is 5.69 Å². The lowest BCUT2D eigenvalue weighted by atomic mass is 10.2. The molecule has 0 atom stereocenters. The monoisotopic (exact) mass is 384 g/mol. The number of anilines is 1. The zero-order valence-corrected chi connectivity index (χ0v) is 16.2. The molecule has 0 saturated carbocycles. The van der Waals surface area contributed by atoms with Crippen molar-refractivity contribution in [2.45, 2.75) is 43.3 Å². The molecule has 140 valence electrons. The van der Waals surface area contributed by atoms with Gasteiger partial charge in [-0.1, -0.05) is 24.6 Å². The van der Waals surface area contributed by atoms with Gasteiger partial charge in [-0.25, -0.2) is 14.4 Å². The Bertz CT molecular complexity index is 934. The second kappa shape index (κ2) is 7.64. The quantitative estimate of drug-likeness (QED) is 0.623. The predicted octanol–water partition coefficient (Wildman–Crippen LogP) is 3.82. The summed E-state index contributed by atoms with van der Waals surface area (Å²) in [5, 5.41) is 9.65. The van der Waals surface area contributed by atoms with E-state index in [-0.39, 0.29) is 10.8 Å². The first-order valence-electron chi connectivity index (χ1n) is 9.12. The molecule has 0 unspecified atom stereocenters. The lowest BCUT2D eigenvalue weighted by molar-refractivity contribution is 0.559. The first-order valence-corrected chi connectivity index (χ1v) is 9.93. The first-order chi connectivity index (χ1) is 13.2. The second-order valence-corrected chi connectivity index (χ2v) is 7.50. The lowest BCUT2D eigenvalue weighted by Crippen LogP contribution is -2.22. The highest BCUT2D eigenvalue weighted by atomic mass is 32.2. The van der Waals surface area contributed by atoms with E-state index < -0.39 is 0 Å². The average Bonchev–Trinajstić information content (AvgIpc) is 3.34. The molecule has 1 aromatic carbocycles. The van der Waals surface area contributed by atoms with Gasteiger partial charge in [0.05, 0.1) is 11.4 Å². The summed E-state index contributed by atoms with van der Waals surface area (Å²) in [5.41, 5.74) is 2.55. The summed E-state index contributed by atoms with van der Waals surface area (Å²) >= 11 is 1.19. The molecule has 0 aliphatic carbocycles. The minimum Gasteiger partial charge on any atom is -0.341 e. The second-order valence-electron chi connectivity index (χ2n) is 6.54. The fourth-order valence-corrected chi connectivity index (χ4v) is 4.00.